The number of rotatable bonds is 6. The molecule has 0 bridgehead atoms. The van der Waals surface area contributed by atoms with E-state index in [0.29, 0.717) is 18.8 Å². The molecule has 0 aliphatic carbocycles. The van der Waals surface area contributed by atoms with Gasteiger partial charge in [-0.2, -0.15) is 9.40 Å². The molecule has 8 heteroatoms. The van der Waals surface area contributed by atoms with E-state index in [-0.39, 0.29) is 10.8 Å². The van der Waals surface area contributed by atoms with Crippen LogP contribution in [0.3, 0.4) is 0 Å². The van der Waals surface area contributed by atoms with Crippen molar-refractivity contribution in [3.05, 3.63) is 77.6 Å². The largest absolute Gasteiger partial charge is 0.322 e. The number of sulfonamides is 1. The summed E-state index contributed by atoms with van der Waals surface area (Å²) in [6.45, 7) is 4.94. The highest BCUT2D eigenvalue weighted by Gasteiger charge is 2.25. The first-order valence-corrected chi connectivity index (χ1v) is 13.0. The van der Waals surface area contributed by atoms with E-state index < -0.39 is 10.0 Å². The molecule has 1 aliphatic rings. The van der Waals surface area contributed by atoms with Gasteiger partial charge in [-0.1, -0.05) is 37.1 Å². The van der Waals surface area contributed by atoms with E-state index in [4.69, 9.17) is 0 Å². The van der Waals surface area contributed by atoms with Crippen LogP contribution >= 0.6 is 0 Å². The number of carbonyl (C=O) groups excluding carboxylic acids is 1. The van der Waals surface area contributed by atoms with Crippen molar-refractivity contribution in [2.45, 2.75) is 44.4 Å². The third kappa shape index (κ3) is 5.29. The molecule has 178 valence electrons. The SMILES string of the molecule is Cc1nn(-c2ccccc2)c(C)c1C=CC(=O)Nc1cccc(S(=O)(=O)N2CCCCCC2)c1. The number of para-hydroxylation sites is 1. The van der Waals surface area contributed by atoms with Crippen LogP contribution in [-0.2, 0) is 14.8 Å². The highest BCUT2D eigenvalue weighted by molar-refractivity contribution is 7.89. The maximum absolute atomic E-state index is 13.1. The first-order chi connectivity index (χ1) is 16.4. The summed E-state index contributed by atoms with van der Waals surface area (Å²) in [7, 11) is -3.58. The Hall–Kier alpha value is -3.23. The zero-order valence-corrected chi connectivity index (χ0v) is 20.4. The fourth-order valence-electron chi connectivity index (χ4n) is 4.22. The minimum atomic E-state index is -3.58. The average molecular weight is 479 g/mol. The first-order valence-electron chi connectivity index (χ1n) is 11.6. The van der Waals surface area contributed by atoms with Crippen LogP contribution in [-0.4, -0.2) is 41.5 Å². The molecule has 3 aromatic rings. The standard InChI is InChI=1S/C26H30N4O3S/c1-20-25(21(2)30(28-20)23-12-6-5-7-13-23)15-16-26(31)27-22-11-10-14-24(19-22)34(32,33)29-17-8-3-4-9-18-29/h5-7,10-16,19H,3-4,8-9,17-18H2,1-2H3,(H,27,31). The van der Waals surface area contributed by atoms with Gasteiger partial charge in [-0.25, -0.2) is 13.1 Å². The van der Waals surface area contributed by atoms with Crippen molar-refractivity contribution >= 4 is 27.7 Å². The molecule has 34 heavy (non-hydrogen) atoms. The second-order valence-electron chi connectivity index (χ2n) is 8.50. The Bertz CT molecular complexity index is 1290. The number of carbonyl (C=O) groups is 1. The van der Waals surface area contributed by atoms with E-state index in [2.05, 4.69) is 10.4 Å². The van der Waals surface area contributed by atoms with E-state index in [1.54, 1.807) is 28.6 Å². The van der Waals surface area contributed by atoms with Crippen LogP contribution in [0.1, 0.15) is 42.6 Å². The van der Waals surface area contributed by atoms with Gasteiger partial charge in [0, 0.05) is 36.1 Å². The van der Waals surface area contributed by atoms with Gasteiger partial charge in [0.1, 0.15) is 0 Å². The minimum Gasteiger partial charge on any atom is -0.322 e. The van der Waals surface area contributed by atoms with E-state index in [1.807, 2.05) is 48.9 Å². The van der Waals surface area contributed by atoms with Crippen molar-refractivity contribution in [1.82, 2.24) is 14.1 Å². The average Bonchev–Trinajstić information content (AvgIpc) is 3.01. The third-order valence-electron chi connectivity index (χ3n) is 6.05. The van der Waals surface area contributed by atoms with Crippen molar-refractivity contribution in [3.8, 4) is 5.69 Å². The number of anilines is 1. The van der Waals surface area contributed by atoms with Crippen LogP contribution in [0.15, 0.2) is 65.6 Å². The number of amides is 1. The molecule has 2 heterocycles. The van der Waals surface area contributed by atoms with Crippen molar-refractivity contribution < 1.29 is 13.2 Å². The lowest BCUT2D eigenvalue weighted by Gasteiger charge is -2.20. The predicted molar refractivity (Wildman–Crippen MR) is 134 cm³/mol. The molecule has 1 aliphatic heterocycles. The van der Waals surface area contributed by atoms with E-state index >= 15 is 0 Å². The van der Waals surface area contributed by atoms with Gasteiger partial charge in [-0.3, -0.25) is 4.79 Å². The zero-order valence-electron chi connectivity index (χ0n) is 19.6. The maximum atomic E-state index is 13.1. The summed E-state index contributed by atoms with van der Waals surface area (Å²) in [6, 6.07) is 16.3. The number of hydrogen-bond acceptors (Lipinski definition) is 4. The molecular weight excluding hydrogens is 448 g/mol. The summed E-state index contributed by atoms with van der Waals surface area (Å²) in [5.41, 5.74) is 4.01. The molecule has 1 fully saturated rings. The van der Waals surface area contributed by atoms with Crippen LogP contribution in [0.5, 0.6) is 0 Å². The number of aromatic nitrogens is 2. The molecule has 0 saturated carbocycles. The van der Waals surface area contributed by atoms with Gasteiger partial charge in [-0.05, 0) is 63.1 Å². The van der Waals surface area contributed by atoms with Crippen LogP contribution in [0.25, 0.3) is 11.8 Å². The first kappa shape index (κ1) is 23.9. The van der Waals surface area contributed by atoms with Crippen molar-refractivity contribution in [2.75, 3.05) is 18.4 Å². The van der Waals surface area contributed by atoms with Crippen LogP contribution in [0, 0.1) is 13.8 Å². The lowest BCUT2D eigenvalue weighted by atomic mass is 10.2. The Kier molecular flexibility index (Phi) is 7.29. The van der Waals surface area contributed by atoms with Crippen LogP contribution < -0.4 is 5.32 Å². The topological polar surface area (TPSA) is 84.3 Å². The van der Waals surface area contributed by atoms with Crippen LogP contribution in [0.4, 0.5) is 5.69 Å². The molecule has 0 atom stereocenters. The summed E-state index contributed by atoms with van der Waals surface area (Å²) < 4.78 is 29.5. The number of nitrogens with one attached hydrogen (secondary N) is 1. The highest BCUT2D eigenvalue weighted by atomic mass is 32.2. The van der Waals surface area contributed by atoms with Gasteiger partial charge < -0.3 is 5.32 Å². The van der Waals surface area contributed by atoms with Gasteiger partial charge in [0.2, 0.25) is 15.9 Å². The van der Waals surface area contributed by atoms with Gasteiger partial charge in [0.05, 0.1) is 16.3 Å². The van der Waals surface area contributed by atoms with Crippen LogP contribution in [0.2, 0.25) is 0 Å². The number of benzene rings is 2. The molecule has 0 spiro atoms. The Morgan fingerprint density at radius 1 is 0.971 bits per heavy atom. The summed E-state index contributed by atoms with van der Waals surface area (Å²) in [5.74, 6) is -0.337. The fraction of sp³-hybridized carbons (Fsp3) is 0.308. The summed E-state index contributed by atoms with van der Waals surface area (Å²) >= 11 is 0. The molecular formula is C26H30N4O3S. The van der Waals surface area contributed by atoms with Gasteiger partial charge >= 0.3 is 0 Å². The molecule has 4 rings (SSSR count). The van der Waals surface area contributed by atoms with Gasteiger partial charge in [0.15, 0.2) is 0 Å². The molecule has 7 nitrogen and oxygen atoms in total. The quantitative estimate of drug-likeness (QED) is 0.520. The molecule has 1 saturated heterocycles. The zero-order chi connectivity index (χ0) is 24.1. The smallest absolute Gasteiger partial charge is 0.248 e. The predicted octanol–water partition coefficient (Wildman–Crippen LogP) is 4.71. The third-order valence-corrected chi connectivity index (χ3v) is 7.95. The lowest BCUT2D eigenvalue weighted by molar-refractivity contribution is -0.111. The summed E-state index contributed by atoms with van der Waals surface area (Å²) in [6.07, 6.45) is 7.04. The molecule has 1 amide bonds. The Labute approximate surface area is 201 Å². The minimum absolute atomic E-state index is 0.201. The second-order valence-corrected chi connectivity index (χ2v) is 10.4. The molecule has 0 radical (unpaired) electrons. The van der Waals surface area contributed by atoms with Gasteiger partial charge in [0.25, 0.3) is 0 Å². The molecule has 1 N–H and O–H groups in total. The second kappa shape index (κ2) is 10.4. The van der Waals surface area contributed by atoms with Crippen molar-refractivity contribution in [2.24, 2.45) is 0 Å². The Morgan fingerprint density at radius 3 is 2.38 bits per heavy atom. The molecule has 2 aromatic carbocycles. The van der Waals surface area contributed by atoms with Gasteiger partial charge in [-0.15, -0.1) is 0 Å². The molecule has 0 unspecified atom stereocenters. The Balaban J connectivity index is 1.48. The van der Waals surface area contributed by atoms with E-state index in [1.165, 1.54) is 12.1 Å². The maximum Gasteiger partial charge on any atom is 0.248 e. The molecule has 1 aromatic heterocycles. The van der Waals surface area contributed by atoms with Crippen molar-refractivity contribution in [3.63, 3.8) is 0 Å². The fourth-order valence-corrected chi connectivity index (χ4v) is 5.79. The number of aryl methyl sites for hydroxylation is 1. The van der Waals surface area contributed by atoms with E-state index in [0.717, 1.165) is 48.3 Å². The van der Waals surface area contributed by atoms with Crippen molar-refractivity contribution in [1.29, 1.82) is 0 Å². The summed E-state index contributed by atoms with van der Waals surface area (Å²) in [4.78, 5) is 12.8. The number of hydrogen-bond donors (Lipinski definition) is 1. The Morgan fingerprint density at radius 2 is 1.68 bits per heavy atom. The summed E-state index contributed by atoms with van der Waals surface area (Å²) in [5, 5.41) is 7.38. The van der Waals surface area contributed by atoms with E-state index in [9.17, 15) is 13.2 Å². The normalized spacial score (nSPS) is 15.4. The highest BCUT2D eigenvalue weighted by Crippen LogP contribution is 2.23. The lowest BCUT2D eigenvalue weighted by Crippen LogP contribution is -2.32. The number of nitrogens with zero attached hydrogens (tertiary/aromatic N) is 3. The monoisotopic (exact) mass is 478 g/mol.